The largest absolute Gasteiger partial charge is 0.313 e. The fourth-order valence-corrected chi connectivity index (χ4v) is 3.97. The number of halogens is 1. The van der Waals surface area contributed by atoms with Crippen LogP contribution in [0.25, 0.3) is 0 Å². The number of benzene rings is 2. The van der Waals surface area contributed by atoms with Crippen LogP contribution in [0, 0.1) is 13.8 Å². The van der Waals surface area contributed by atoms with Gasteiger partial charge in [0.1, 0.15) is 0 Å². The molecule has 2 aromatic rings. The predicted octanol–water partition coefficient (Wildman–Crippen LogP) is 5.64. The van der Waals surface area contributed by atoms with E-state index in [9.17, 15) is 0 Å². The highest BCUT2D eigenvalue weighted by Gasteiger charge is 2.07. The predicted molar refractivity (Wildman–Crippen MR) is 97.1 cm³/mol. The van der Waals surface area contributed by atoms with Gasteiger partial charge in [0, 0.05) is 21.2 Å². The van der Waals surface area contributed by atoms with Gasteiger partial charge in [-0.1, -0.05) is 35.4 Å². The summed E-state index contributed by atoms with van der Waals surface area (Å²) in [5.41, 5.74) is 5.36. The second kappa shape index (κ2) is 7.48. The molecule has 1 unspecified atom stereocenters. The number of hydrogen-bond acceptors (Lipinski definition) is 2. The molecule has 0 amide bonds. The fraction of sp³-hybridized carbons (Fsp3) is 0.333. The summed E-state index contributed by atoms with van der Waals surface area (Å²) in [6.45, 7) is 6.49. The van der Waals surface area contributed by atoms with Crippen LogP contribution in [-0.2, 0) is 5.75 Å². The zero-order valence-electron chi connectivity index (χ0n) is 13.0. The topological polar surface area (TPSA) is 12.0 Å². The van der Waals surface area contributed by atoms with E-state index in [0.717, 1.165) is 5.75 Å². The molecule has 0 spiro atoms. The summed E-state index contributed by atoms with van der Waals surface area (Å²) in [7, 11) is 1.99. The first-order chi connectivity index (χ1) is 9.99. The molecule has 0 fully saturated rings. The smallest absolute Gasteiger partial charge is 0.0314 e. The average molecular weight is 364 g/mol. The lowest BCUT2D eigenvalue weighted by atomic mass is 10.1. The average Bonchev–Trinajstić information content (AvgIpc) is 2.44. The fourth-order valence-electron chi connectivity index (χ4n) is 2.38. The molecule has 3 heteroatoms. The normalized spacial score (nSPS) is 12.4. The molecule has 0 bridgehead atoms. The molecule has 0 aliphatic carbocycles. The molecule has 0 radical (unpaired) electrons. The van der Waals surface area contributed by atoms with E-state index in [-0.39, 0.29) is 0 Å². The van der Waals surface area contributed by atoms with Crippen LogP contribution in [0.1, 0.15) is 35.2 Å². The van der Waals surface area contributed by atoms with Crippen molar-refractivity contribution >= 4 is 27.7 Å². The number of nitrogens with one attached hydrogen (secondary N) is 1. The van der Waals surface area contributed by atoms with E-state index >= 15 is 0 Å². The van der Waals surface area contributed by atoms with Gasteiger partial charge in [-0.05, 0) is 67.0 Å². The molecule has 0 heterocycles. The maximum absolute atomic E-state index is 3.70. The lowest BCUT2D eigenvalue weighted by Crippen LogP contribution is -2.12. The van der Waals surface area contributed by atoms with Crippen LogP contribution in [0.5, 0.6) is 0 Å². The first kappa shape index (κ1) is 16.6. The molecule has 2 rings (SSSR count). The summed E-state index contributed by atoms with van der Waals surface area (Å²) in [6, 6.07) is 13.8. The summed E-state index contributed by atoms with van der Waals surface area (Å²) in [4.78, 5) is 1.29. The zero-order chi connectivity index (χ0) is 15.4. The van der Waals surface area contributed by atoms with Crippen molar-refractivity contribution in [1.29, 1.82) is 0 Å². The Kier molecular flexibility index (Phi) is 5.91. The summed E-state index contributed by atoms with van der Waals surface area (Å²) >= 11 is 5.58. The van der Waals surface area contributed by atoms with Crippen LogP contribution >= 0.6 is 27.7 Å². The Hall–Kier alpha value is -0.770. The van der Waals surface area contributed by atoms with Gasteiger partial charge in [-0.3, -0.25) is 0 Å². The van der Waals surface area contributed by atoms with Crippen LogP contribution in [0.15, 0.2) is 45.8 Å². The lowest BCUT2D eigenvalue weighted by molar-refractivity contribution is 0.651. The van der Waals surface area contributed by atoms with Crippen molar-refractivity contribution in [3.63, 3.8) is 0 Å². The molecule has 0 aromatic heterocycles. The summed E-state index contributed by atoms with van der Waals surface area (Å²) in [6.07, 6.45) is 0. The SMILES string of the molecule is CNC(C)c1ccc(SCc2cc(C)cc(C)c2)c(Br)c1. The highest BCUT2D eigenvalue weighted by Crippen LogP contribution is 2.32. The Morgan fingerprint density at radius 2 is 1.76 bits per heavy atom. The standard InChI is InChI=1S/C18H22BrNS/c1-12-7-13(2)9-15(8-12)11-21-18-6-5-16(10-17(18)19)14(3)20-4/h5-10,14,20H,11H2,1-4H3. The van der Waals surface area contributed by atoms with Crippen molar-refractivity contribution in [2.75, 3.05) is 7.05 Å². The molecule has 21 heavy (non-hydrogen) atoms. The van der Waals surface area contributed by atoms with E-state index in [1.165, 1.54) is 31.6 Å². The van der Waals surface area contributed by atoms with Gasteiger partial charge in [0.15, 0.2) is 0 Å². The van der Waals surface area contributed by atoms with Gasteiger partial charge in [0.2, 0.25) is 0 Å². The molecule has 0 saturated carbocycles. The van der Waals surface area contributed by atoms with Crippen molar-refractivity contribution in [2.24, 2.45) is 0 Å². The Morgan fingerprint density at radius 3 is 2.33 bits per heavy atom. The molecule has 0 saturated heterocycles. The number of rotatable bonds is 5. The summed E-state index contributed by atoms with van der Waals surface area (Å²) in [5.74, 6) is 1.00. The molecule has 2 aromatic carbocycles. The molecule has 1 N–H and O–H groups in total. The minimum atomic E-state index is 0.375. The monoisotopic (exact) mass is 363 g/mol. The third kappa shape index (κ3) is 4.60. The lowest BCUT2D eigenvalue weighted by Gasteiger charge is -2.13. The summed E-state index contributed by atoms with van der Waals surface area (Å²) in [5, 5.41) is 3.27. The van der Waals surface area contributed by atoms with E-state index < -0.39 is 0 Å². The summed E-state index contributed by atoms with van der Waals surface area (Å²) < 4.78 is 1.18. The van der Waals surface area contributed by atoms with Gasteiger partial charge in [-0.2, -0.15) is 0 Å². The van der Waals surface area contributed by atoms with Crippen LogP contribution in [0.2, 0.25) is 0 Å². The first-order valence-electron chi connectivity index (χ1n) is 7.16. The maximum Gasteiger partial charge on any atom is 0.0314 e. The van der Waals surface area contributed by atoms with E-state index in [0.29, 0.717) is 6.04 Å². The van der Waals surface area contributed by atoms with Crippen molar-refractivity contribution < 1.29 is 0 Å². The highest BCUT2D eigenvalue weighted by molar-refractivity contribution is 9.10. The quantitative estimate of drug-likeness (QED) is 0.689. The third-order valence-corrected chi connectivity index (χ3v) is 5.63. The first-order valence-corrected chi connectivity index (χ1v) is 8.94. The molecule has 0 aliphatic rings. The molecule has 112 valence electrons. The minimum absolute atomic E-state index is 0.375. The van der Waals surface area contributed by atoms with Gasteiger partial charge in [0.05, 0.1) is 0 Å². The van der Waals surface area contributed by atoms with Crippen LogP contribution < -0.4 is 5.32 Å². The van der Waals surface area contributed by atoms with Gasteiger partial charge >= 0.3 is 0 Å². The molecular weight excluding hydrogens is 342 g/mol. The second-order valence-corrected chi connectivity index (χ2v) is 7.36. The maximum atomic E-state index is 3.70. The Bertz CT molecular complexity index is 604. The van der Waals surface area contributed by atoms with Crippen LogP contribution in [0.3, 0.4) is 0 Å². The minimum Gasteiger partial charge on any atom is -0.313 e. The van der Waals surface area contributed by atoms with Gasteiger partial charge in [-0.25, -0.2) is 0 Å². The van der Waals surface area contributed by atoms with E-state index in [4.69, 9.17) is 0 Å². The van der Waals surface area contributed by atoms with Crippen LogP contribution in [-0.4, -0.2) is 7.05 Å². The van der Waals surface area contributed by atoms with Gasteiger partial charge < -0.3 is 5.32 Å². The Balaban J connectivity index is 2.09. The molecule has 1 nitrogen and oxygen atoms in total. The zero-order valence-corrected chi connectivity index (χ0v) is 15.4. The van der Waals surface area contributed by atoms with E-state index in [1.54, 1.807) is 0 Å². The van der Waals surface area contributed by atoms with Crippen molar-refractivity contribution in [3.05, 3.63) is 63.1 Å². The second-order valence-electron chi connectivity index (χ2n) is 5.48. The van der Waals surface area contributed by atoms with E-state index in [2.05, 4.69) is 78.4 Å². The van der Waals surface area contributed by atoms with Gasteiger partial charge in [-0.15, -0.1) is 11.8 Å². The van der Waals surface area contributed by atoms with Crippen molar-refractivity contribution in [1.82, 2.24) is 5.32 Å². The van der Waals surface area contributed by atoms with Crippen LogP contribution in [0.4, 0.5) is 0 Å². The number of hydrogen-bond donors (Lipinski definition) is 1. The number of thioether (sulfide) groups is 1. The van der Waals surface area contributed by atoms with Gasteiger partial charge in [0.25, 0.3) is 0 Å². The highest BCUT2D eigenvalue weighted by atomic mass is 79.9. The molecule has 0 aliphatic heterocycles. The van der Waals surface area contributed by atoms with Crippen molar-refractivity contribution in [2.45, 2.75) is 37.5 Å². The Morgan fingerprint density at radius 1 is 1.10 bits per heavy atom. The molecular formula is C18H22BrNS. The third-order valence-electron chi connectivity index (χ3n) is 3.56. The van der Waals surface area contributed by atoms with E-state index in [1.807, 2.05) is 18.8 Å². The Labute approximate surface area is 140 Å². The molecule has 1 atom stereocenters. The number of aryl methyl sites for hydroxylation is 2. The van der Waals surface area contributed by atoms with Crippen molar-refractivity contribution in [3.8, 4) is 0 Å².